The third-order valence-corrected chi connectivity index (χ3v) is 4.14. The van der Waals surface area contributed by atoms with E-state index in [4.69, 9.17) is 11.6 Å². The number of fused-ring (bicyclic) bond motifs is 1. The van der Waals surface area contributed by atoms with Crippen LogP contribution in [0.25, 0.3) is 0 Å². The molecule has 0 saturated heterocycles. The van der Waals surface area contributed by atoms with Gasteiger partial charge in [-0.15, -0.1) is 22.9 Å². The van der Waals surface area contributed by atoms with Crippen molar-refractivity contribution in [2.45, 2.75) is 18.2 Å². The first-order valence-electron chi connectivity index (χ1n) is 4.96. The van der Waals surface area contributed by atoms with Crippen molar-refractivity contribution >= 4 is 22.9 Å². The van der Waals surface area contributed by atoms with Gasteiger partial charge in [-0.1, -0.05) is 24.3 Å². The lowest BCUT2D eigenvalue weighted by atomic mass is 9.78. The van der Waals surface area contributed by atoms with E-state index < -0.39 is 0 Å². The van der Waals surface area contributed by atoms with E-state index in [2.05, 4.69) is 34.6 Å². The Bertz CT molecular complexity index is 492. The fraction of sp³-hybridized carbons (Fsp3) is 0.250. The Kier molecular flexibility index (Phi) is 2.26. The lowest BCUT2D eigenvalue weighted by Crippen LogP contribution is -2.17. The first kappa shape index (κ1) is 9.37. The van der Waals surface area contributed by atoms with Crippen LogP contribution in [0, 0.1) is 0 Å². The normalized spacial score (nSPS) is 18.3. The summed E-state index contributed by atoms with van der Waals surface area (Å²) in [6.07, 6.45) is 1.13. The molecular weight excluding hydrogens is 226 g/mol. The van der Waals surface area contributed by atoms with Crippen molar-refractivity contribution in [1.29, 1.82) is 0 Å². The van der Waals surface area contributed by atoms with Gasteiger partial charge in [0.05, 0.1) is 11.6 Å². The molecule has 0 saturated carbocycles. The average Bonchev–Trinajstić information content (AvgIpc) is 2.68. The van der Waals surface area contributed by atoms with Gasteiger partial charge < -0.3 is 0 Å². The number of hydrogen-bond acceptors (Lipinski definition) is 2. The number of aromatic nitrogens is 1. The highest BCUT2D eigenvalue weighted by Gasteiger charge is 2.29. The van der Waals surface area contributed by atoms with E-state index in [-0.39, 0.29) is 0 Å². The third-order valence-electron chi connectivity index (χ3n) is 2.86. The largest absolute Gasteiger partial charge is 0.244 e. The maximum atomic E-state index is 5.75. The van der Waals surface area contributed by atoms with E-state index >= 15 is 0 Å². The second kappa shape index (κ2) is 3.62. The number of benzene rings is 1. The maximum Gasteiger partial charge on any atom is 0.101 e. The highest BCUT2D eigenvalue weighted by molar-refractivity contribution is 7.09. The molecule has 76 valence electrons. The molecule has 1 aliphatic rings. The van der Waals surface area contributed by atoms with Gasteiger partial charge in [0.15, 0.2) is 0 Å². The number of halogens is 1. The summed E-state index contributed by atoms with van der Waals surface area (Å²) in [5, 5.41) is 3.27. The van der Waals surface area contributed by atoms with Crippen molar-refractivity contribution < 1.29 is 0 Å². The average molecular weight is 236 g/mol. The molecule has 0 spiro atoms. The minimum Gasteiger partial charge on any atom is -0.244 e. The number of rotatable bonds is 2. The van der Waals surface area contributed by atoms with Gasteiger partial charge >= 0.3 is 0 Å². The molecule has 0 fully saturated rings. The van der Waals surface area contributed by atoms with Crippen LogP contribution in [0.3, 0.4) is 0 Å². The van der Waals surface area contributed by atoms with Gasteiger partial charge in [0.1, 0.15) is 5.01 Å². The Morgan fingerprint density at radius 3 is 3.00 bits per heavy atom. The summed E-state index contributed by atoms with van der Waals surface area (Å²) in [5.41, 5.74) is 3.90. The minimum atomic E-state index is 0.517. The summed E-state index contributed by atoms with van der Waals surface area (Å²) in [4.78, 5) is 4.54. The van der Waals surface area contributed by atoms with Gasteiger partial charge in [-0.3, -0.25) is 0 Å². The molecule has 0 amide bonds. The molecule has 0 radical (unpaired) electrons. The van der Waals surface area contributed by atoms with E-state index in [1.807, 2.05) is 0 Å². The lowest BCUT2D eigenvalue weighted by Gasteiger charge is -2.28. The number of thiazole rings is 1. The lowest BCUT2D eigenvalue weighted by molar-refractivity contribution is 0.700. The Labute approximate surface area is 97.7 Å². The van der Waals surface area contributed by atoms with Crippen LogP contribution in [0.1, 0.15) is 27.7 Å². The molecule has 1 nitrogen and oxygen atoms in total. The predicted molar refractivity (Wildman–Crippen MR) is 63.7 cm³/mol. The Hall–Kier alpha value is -0.860. The molecule has 15 heavy (non-hydrogen) atoms. The van der Waals surface area contributed by atoms with Crippen LogP contribution >= 0.6 is 22.9 Å². The van der Waals surface area contributed by atoms with Crippen LogP contribution in [0.15, 0.2) is 29.6 Å². The molecule has 1 atom stereocenters. The van der Waals surface area contributed by atoms with Gasteiger partial charge in [0, 0.05) is 11.3 Å². The first-order chi connectivity index (χ1) is 7.38. The molecule has 0 bridgehead atoms. The van der Waals surface area contributed by atoms with Crippen LogP contribution in [0.4, 0.5) is 0 Å². The van der Waals surface area contributed by atoms with E-state index in [1.165, 1.54) is 16.1 Å². The van der Waals surface area contributed by atoms with E-state index in [1.54, 1.807) is 11.3 Å². The predicted octanol–water partition coefficient (Wildman–Crippen LogP) is 3.57. The van der Waals surface area contributed by atoms with Crippen LogP contribution in [-0.2, 0) is 12.3 Å². The van der Waals surface area contributed by atoms with E-state index in [9.17, 15) is 0 Å². The smallest absolute Gasteiger partial charge is 0.101 e. The first-order valence-corrected chi connectivity index (χ1v) is 6.38. The number of alkyl halides is 1. The maximum absolute atomic E-state index is 5.75. The van der Waals surface area contributed by atoms with Gasteiger partial charge in [-0.25, -0.2) is 4.98 Å². The quantitative estimate of drug-likeness (QED) is 0.726. The van der Waals surface area contributed by atoms with Crippen molar-refractivity contribution in [3.05, 3.63) is 51.5 Å². The summed E-state index contributed by atoms with van der Waals surface area (Å²) >= 11 is 7.48. The summed E-state index contributed by atoms with van der Waals surface area (Å²) in [5.74, 6) is 1.04. The molecule has 0 N–H and O–H groups in total. The second-order valence-corrected chi connectivity index (χ2v) is 4.92. The minimum absolute atomic E-state index is 0.517. The van der Waals surface area contributed by atoms with Crippen LogP contribution in [0.2, 0.25) is 0 Å². The second-order valence-electron chi connectivity index (χ2n) is 3.77. The summed E-state index contributed by atoms with van der Waals surface area (Å²) in [6.45, 7) is 0. The zero-order valence-corrected chi connectivity index (χ0v) is 9.68. The topological polar surface area (TPSA) is 12.9 Å². The van der Waals surface area contributed by atoms with Crippen molar-refractivity contribution in [2.75, 3.05) is 0 Å². The van der Waals surface area contributed by atoms with Crippen LogP contribution in [0.5, 0.6) is 0 Å². The summed E-state index contributed by atoms with van der Waals surface area (Å²) < 4.78 is 0. The standard InChI is InChI=1S/C12H10ClNS/c13-6-9-7-15-12(14-9)11-5-8-3-1-2-4-10(8)11/h1-4,7,11H,5-6H2. The fourth-order valence-corrected chi connectivity index (χ4v) is 3.19. The monoisotopic (exact) mass is 235 g/mol. The number of nitrogens with zero attached hydrogens (tertiary/aromatic N) is 1. The van der Waals surface area contributed by atoms with Gasteiger partial charge in [-0.2, -0.15) is 0 Å². The Balaban J connectivity index is 1.93. The molecule has 1 aromatic heterocycles. The molecule has 1 heterocycles. The van der Waals surface area contributed by atoms with Gasteiger partial charge in [0.2, 0.25) is 0 Å². The SMILES string of the molecule is ClCc1csc(C2Cc3ccccc32)n1. The fourth-order valence-electron chi connectivity index (χ4n) is 2.02. The molecule has 0 aliphatic heterocycles. The van der Waals surface area contributed by atoms with Crippen molar-refractivity contribution in [2.24, 2.45) is 0 Å². The van der Waals surface area contributed by atoms with E-state index in [0.717, 1.165) is 12.1 Å². The zero-order chi connectivity index (χ0) is 10.3. The van der Waals surface area contributed by atoms with Gasteiger partial charge in [0.25, 0.3) is 0 Å². The van der Waals surface area contributed by atoms with Crippen molar-refractivity contribution in [3.8, 4) is 0 Å². The zero-order valence-electron chi connectivity index (χ0n) is 8.11. The molecule has 1 aliphatic carbocycles. The molecule has 1 aromatic carbocycles. The highest BCUT2D eigenvalue weighted by Crippen LogP contribution is 2.40. The highest BCUT2D eigenvalue weighted by atomic mass is 35.5. The summed E-state index contributed by atoms with van der Waals surface area (Å²) in [7, 11) is 0. The Morgan fingerprint density at radius 2 is 2.27 bits per heavy atom. The molecule has 3 rings (SSSR count). The van der Waals surface area contributed by atoms with Crippen LogP contribution in [-0.4, -0.2) is 4.98 Å². The summed E-state index contributed by atoms with van der Waals surface area (Å²) in [6, 6.07) is 8.59. The third kappa shape index (κ3) is 1.48. The number of hydrogen-bond donors (Lipinski definition) is 0. The van der Waals surface area contributed by atoms with Crippen molar-refractivity contribution in [3.63, 3.8) is 0 Å². The molecule has 2 aromatic rings. The van der Waals surface area contributed by atoms with E-state index in [0.29, 0.717) is 11.8 Å². The molecular formula is C12H10ClNS. The van der Waals surface area contributed by atoms with Crippen LogP contribution < -0.4 is 0 Å². The molecule has 1 unspecified atom stereocenters. The molecule has 3 heteroatoms. The van der Waals surface area contributed by atoms with Gasteiger partial charge in [-0.05, 0) is 17.5 Å². The van der Waals surface area contributed by atoms with Crippen molar-refractivity contribution in [1.82, 2.24) is 4.98 Å². The Morgan fingerprint density at radius 1 is 1.40 bits per heavy atom.